The number of nitrogens with zero attached hydrogens (tertiary/aromatic N) is 2. The van der Waals surface area contributed by atoms with E-state index in [2.05, 4.69) is 10.3 Å². The molecule has 2 aromatic carbocycles. The minimum atomic E-state index is -0.575. The lowest BCUT2D eigenvalue weighted by molar-refractivity contribution is -0.118. The zero-order valence-electron chi connectivity index (χ0n) is 15.4. The normalized spacial score (nSPS) is 11.2. The number of hydrogen-bond acceptors (Lipinski definition) is 4. The van der Waals surface area contributed by atoms with Crippen LogP contribution in [0.3, 0.4) is 0 Å². The highest BCUT2D eigenvalue weighted by atomic mass is 35.5. The molecule has 1 heterocycles. The number of rotatable bonds is 6. The predicted octanol–water partition coefficient (Wildman–Crippen LogP) is 4.04. The van der Waals surface area contributed by atoms with Gasteiger partial charge < -0.3 is 5.32 Å². The number of nitrogens with one attached hydrogen (secondary N) is 1. The van der Waals surface area contributed by atoms with Gasteiger partial charge in [0, 0.05) is 6.54 Å². The van der Waals surface area contributed by atoms with Crippen LogP contribution in [0.1, 0.15) is 13.8 Å². The van der Waals surface area contributed by atoms with Gasteiger partial charge in [0.1, 0.15) is 5.82 Å². The molecule has 1 N–H and O–H groups in total. The SMILES string of the molecule is CC(C)CNC(=O)CSc1nc2ccccc2c(=O)n1-c1ccc(F)c(Cl)c1. The van der Waals surface area contributed by atoms with Gasteiger partial charge >= 0.3 is 0 Å². The number of fused-ring (bicyclic) bond motifs is 1. The van der Waals surface area contributed by atoms with Gasteiger partial charge in [-0.05, 0) is 36.2 Å². The zero-order valence-corrected chi connectivity index (χ0v) is 17.0. The van der Waals surface area contributed by atoms with Crippen molar-refractivity contribution >= 4 is 40.2 Å². The lowest BCUT2D eigenvalue weighted by Gasteiger charge is -2.14. The van der Waals surface area contributed by atoms with Crippen molar-refractivity contribution in [3.05, 3.63) is 63.7 Å². The largest absolute Gasteiger partial charge is 0.355 e. The monoisotopic (exact) mass is 419 g/mol. The van der Waals surface area contributed by atoms with Gasteiger partial charge in [-0.3, -0.25) is 14.2 Å². The minimum absolute atomic E-state index is 0.0943. The Hall–Kier alpha value is -2.38. The fourth-order valence-electron chi connectivity index (χ4n) is 2.56. The molecular weight excluding hydrogens is 401 g/mol. The molecule has 0 saturated heterocycles. The van der Waals surface area contributed by atoms with Gasteiger partial charge in [0.2, 0.25) is 5.91 Å². The lowest BCUT2D eigenvalue weighted by atomic mass is 10.2. The molecule has 0 unspecified atom stereocenters. The molecule has 0 saturated carbocycles. The zero-order chi connectivity index (χ0) is 20.3. The third-order valence-corrected chi connectivity index (χ3v) is 5.17. The Morgan fingerprint density at radius 3 is 2.75 bits per heavy atom. The van der Waals surface area contributed by atoms with Crippen molar-refractivity contribution in [3.8, 4) is 5.69 Å². The molecular formula is C20H19ClFN3O2S. The van der Waals surface area contributed by atoms with Crippen LogP contribution in [0.25, 0.3) is 16.6 Å². The van der Waals surface area contributed by atoms with E-state index in [0.29, 0.717) is 34.2 Å². The number of aromatic nitrogens is 2. The first kappa shape index (κ1) is 20.4. The van der Waals surface area contributed by atoms with E-state index in [9.17, 15) is 14.0 Å². The fourth-order valence-corrected chi connectivity index (χ4v) is 3.58. The number of carbonyl (C=O) groups is 1. The first-order chi connectivity index (χ1) is 13.4. The second-order valence-corrected chi connectivity index (χ2v) is 7.99. The first-order valence-corrected chi connectivity index (χ1v) is 10.1. The van der Waals surface area contributed by atoms with Crippen LogP contribution >= 0.6 is 23.4 Å². The highest BCUT2D eigenvalue weighted by Crippen LogP contribution is 2.24. The van der Waals surface area contributed by atoms with E-state index in [1.165, 1.54) is 22.8 Å². The fraction of sp³-hybridized carbons (Fsp3) is 0.250. The van der Waals surface area contributed by atoms with Gasteiger partial charge in [-0.2, -0.15) is 0 Å². The van der Waals surface area contributed by atoms with Crippen molar-refractivity contribution in [3.63, 3.8) is 0 Å². The molecule has 0 fully saturated rings. The summed E-state index contributed by atoms with van der Waals surface area (Å²) in [4.78, 5) is 29.7. The van der Waals surface area contributed by atoms with E-state index >= 15 is 0 Å². The summed E-state index contributed by atoms with van der Waals surface area (Å²) in [5, 5.41) is 3.51. The van der Waals surface area contributed by atoms with Crippen LogP contribution in [-0.4, -0.2) is 27.8 Å². The number of halogens is 2. The number of benzene rings is 2. The second kappa shape index (κ2) is 8.75. The molecule has 0 spiro atoms. The van der Waals surface area contributed by atoms with Crippen LogP contribution in [0.2, 0.25) is 5.02 Å². The minimum Gasteiger partial charge on any atom is -0.355 e. The summed E-state index contributed by atoms with van der Waals surface area (Å²) in [6, 6.07) is 11.0. The molecule has 3 rings (SSSR count). The molecule has 0 radical (unpaired) electrons. The van der Waals surface area contributed by atoms with Crippen LogP contribution in [-0.2, 0) is 4.79 Å². The van der Waals surface area contributed by atoms with Crippen LogP contribution in [0.4, 0.5) is 4.39 Å². The standard InChI is InChI=1S/C20H19ClFN3O2S/c1-12(2)10-23-18(26)11-28-20-24-17-6-4-3-5-14(17)19(27)25(20)13-7-8-16(22)15(21)9-13/h3-9,12H,10-11H2,1-2H3,(H,23,26). The van der Waals surface area contributed by atoms with E-state index in [1.807, 2.05) is 13.8 Å². The maximum absolute atomic E-state index is 13.6. The Morgan fingerprint density at radius 2 is 2.04 bits per heavy atom. The van der Waals surface area contributed by atoms with E-state index in [4.69, 9.17) is 11.6 Å². The van der Waals surface area contributed by atoms with E-state index < -0.39 is 5.82 Å². The molecule has 146 valence electrons. The van der Waals surface area contributed by atoms with Crippen molar-refractivity contribution in [1.29, 1.82) is 0 Å². The second-order valence-electron chi connectivity index (χ2n) is 6.64. The number of thioether (sulfide) groups is 1. The molecule has 1 amide bonds. The predicted molar refractivity (Wildman–Crippen MR) is 111 cm³/mol. The third-order valence-electron chi connectivity index (χ3n) is 3.95. The molecule has 1 aromatic heterocycles. The molecule has 0 atom stereocenters. The average molecular weight is 420 g/mol. The third kappa shape index (κ3) is 4.54. The van der Waals surface area contributed by atoms with Crippen molar-refractivity contribution in [2.45, 2.75) is 19.0 Å². The van der Waals surface area contributed by atoms with Gasteiger partial charge in [0.15, 0.2) is 5.16 Å². The summed E-state index contributed by atoms with van der Waals surface area (Å²) in [6.45, 7) is 4.59. The van der Waals surface area contributed by atoms with Crippen LogP contribution in [0, 0.1) is 11.7 Å². The maximum atomic E-state index is 13.6. The Balaban J connectivity index is 2.03. The summed E-state index contributed by atoms with van der Waals surface area (Å²) in [5.41, 5.74) is 0.611. The number of hydrogen-bond donors (Lipinski definition) is 1. The lowest BCUT2D eigenvalue weighted by Crippen LogP contribution is -2.29. The summed E-state index contributed by atoms with van der Waals surface area (Å²) in [6.07, 6.45) is 0. The van der Waals surface area contributed by atoms with E-state index in [-0.39, 0.29) is 22.2 Å². The van der Waals surface area contributed by atoms with Gasteiger partial charge in [0.25, 0.3) is 5.56 Å². The Kier molecular flexibility index (Phi) is 6.36. The van der Waals surface area contributed by atoms with Gasteiger partial charge in [-0.1, -0.05) is 49.3 Å². The molecule has 0 aliphatic rings. The summed E-state index contributed by atoms with van der Waals surface area (Å²) >= 11 is 7.05. The van der Waals surface area contributed by atoms with Crippen LogP contribution in [0.15, 0.2) is 52.4 Å². The van der Waals surface area contributed by atoms with Gasteiger partial charge in [-0.15, -0.1) is 0 Å². The summed E-state index contributed by atoms with van der Waals surface area (Å²) < 4.78 is 14.9. The van der Waals surface area contributed by atoms with Crippen LogP contribution < -0.4 is 10.9 Å². The molecule has 0 aliphatic heterocycles. The van der Waals surface area contributed by atoms with Crippen molar-refractivity contribution in [1.82, 2.24) is 14.9 Å². The average Bonchev–Trinajstić information content (AvgIpc) is 2.67. The molecule has 0 bridgehead atoms. The molecule has 28 heavy (non-hydrogen) atoms. The smallest absolute Gasteiger partial charge is 0.266 e. The van der Waals surface area contributed by atoms with Crippen LogP contribution in [0.5, 0.6) is 0 Å². The van der Waals surface area contributed by atoms with Crippen molar-refractivity contribution in [2.24, 2.45) is 5.92 Å². The molecule has 5 nitrogen and oxygen atoms in total. The first-order valence-electron chi connectivity index (χ1n) is 8.73. The Bertz CT molecular complexity index is 1080. The topological polar surface area (TPSA) is 64.0 Å². The Labute approximate surface area is 170 Å². The summed E-state index contributed by atoms with van der Waals surface area (Å²) in [5.74, 6) is -0.279. The van der Waals surface area contributed by atoms with Gasteiger partial charge in [-0.25, -0.2) is 9.37 Å². The maximum Gasteiger partial charge on any atom is 0.266 e. The highest BCUT2D eigenvalue weighted by Gasteiger charge is 2.16. The van der Waals surface area contributed by atoms with E-state index in [1.54, 1.807) is 24.3 Å². The molecule has 3 aromatic rings. The molecule has 8 heteroatoms. The summed E-state index contributed by atoms with van der Waals surface area (Å²) in [7, 11) is 0. The Morgan fingerprint density at radius 1 is 1.29 bits per heavy atom. The van der Waals surface area contributed by atoms with Crippen molar-refractivity contribution in [2.75, 3.05) is 12.3 Å². The number of para-hydroxylation sites is 1. The number of carbonyl (C=O) groups excluding carboxylic acids is 1. The quantitative estimate of drug-likeness (QED) is 0.483. The highest BCUT2D eigenvalue weighted by molar-refractivity contribution is 7.99. The molecule has 0 aliphatic carbocycles. The van der Waals surface area contributed by atoms with Crippen molar-refractivity contribution < 1.29 is 9.18 Å². The van der Waals surface area contributed by atoms with Gasteiger partial charge in [0.05, 0.1) is 27.4 Å². The van der Waals surface area contributed by atoms with E-state index in [0.717, 1.165) is 11.8 Å². The number of amides is 1.